The van der Waals surface area contributed by atoms with E-state index in [2.05, 4.69) is 6.58 Å². The third-order valence-corrected chi connectivity index (χ3v) is 0.361. The molecule has 0 bridgehead atoms. The molecule has 0 atom stereocenters. The highest BCUT2D eigenvalue weighted by Crippen LogP contribution is 1.71. The predicted molar refractivity (Wildman–Crippen MR) is 25.3 cm³/mol. The van der Waals surface area contributed by atoms with Crippen LogP contribution >= 0.6 is 0 Å². The van der Waals surface area contributed by atoms with Crippen LogP contribution in [0.4, 0.5) is 4.39 Å². The summed E-state index contributed by atoms with van der Waals surface area (Å²) in [6.45, 7) is 2.95. The minimum Gasteiger partial charge on any atom is -0.247 e. The van der Waals surface area contributed by atoms with Crippen LogP contribution in [0.15, 0.2) is 24.8 Å². The van der Waals surface area contributed by atoms with Crippen LogP contribution in [0, 0.1) is 0 Å². The lowest BCUT2D eigenvalue weighted by Gasteiger charge is -1.65. The summed E-state index contributed by atoms with van der Waals surface area (Å²) < 4.78 is 11.0. The van der Waals surface area contributed by atoms with Crippen LogP contribution in [0.2, 0.25) is 0 Å². The zero-order valence-electron chi connectivity index (χ0n) is 3.52. The fraction of sp³-hybridized carbons (Fsp3) is 0.200. The molecule has 0 aliphatic rings. The highest BCUT2D eigenvalue weighted by atomic mass is 19.1. The molecule has 0 aromatic heterocycles. The van der Waals surface area contributed by atoms with Gasteiger partial charge >= 0.3 is 0 Å². The molecule has 0 amide bonds. The normalized spacial score (nSPS) is 9.50. The van der Waals surface area contributed by atoms with Crippen LogP contribution in [-0.4, -0.2) is 6.67 Å². The monoisotopic (exact) mass is 86.1 g/mol. The van der Waals surface area contributed by atoms with Crippen molar-refractivity contribution < 1.29 is 4.39 Å². The van der Waals surface area contributed by atoms with E-state index >= 15 is 0 Å². The van der Waals surface area contributed by atoms with E-state index in [9.17, 15) is 4.39 Å². The van der Waals surface area contributed by atoms with Gasteiger partial charge in [0.15, 0.2) is 0 Å². The van der Waals surface area contributed by atoms with E-state index < -0.39 is 6.67 Å². The molecule has 1 heteroatoms. The first-order valence-corrected chi connectivity index (χ1v) is 1.75. The molecular formula is C5H7F. The quantitative estimate of drug-likeness (QED) is 0.449. The molecule has 0 fully saturated rings. The molecule has 0 saturated carbocycles. The lowest BCUT2D eigenvalue weighted by molar-refractivity contribution is 0.562. The van der Waals surface area contributed by atoms with Gasteiger partial charge in [-0.3, -0.25) is 0 Å². The largest absolute Gasteiger partial charge is 0.247 e. The molecule has 0 nitrogen and oxygen atoms in total. The maximum atomic E-state index is 11.0. The van der Waals surface area contributed by atoms with Gasteiger partial charge in [0.05, 0.1) is 0 Å². The summed E-state index contributed by atoms with van der Waals surface area (Å²) in [5.41, 5.74) is 0. The number of allylic oxidation sites excluding steroid dienone is 3. The van der Waals surface area contributed by atoms with Crippen molar-refractivity contribution in [3.63, 3.8) is 0 Å². The Bertz CT molecular complexity index is 55.0. The summed E-state index contributed by atoms with van der Waals surface area (Å²) in [5, 5.41) is 0. The molecule has 0 aromatic rings. The van der Waals surface area contributed by atoms with Gasteiger partial charge in [-0.15, -0.1) is 0 Å². The predicted octanol–water partition coefficient (Wildman–Crippen LogP) is 1.70. The number of rotatable bonds is 2. The third-order valence-electron chi connectivity index (χ3n) is 0.361. The first kappa shape index (κ1) is 5.41. The minimum atomic E-state index is -0.397. The zero-order valence-corrected chi connectivity index (χ0v) is 3.52. The van der Waals surface area contributed by atoms with Gasteiger partial charge in [0.2, 0.25) is 0 Å². The summed E-state index contributed by atoms with van der Waals surface area (Å²) in [6, 6.07) is 0. The molecule has 0 rings (SSSR count). The number of hydrogen-bond acceptors (Lipinski definition) is 0. The molecule has 6 heavy (non-hydrogen) atoms. The van der Waals surface area contributed by atoms with Gasteiger partial charge < -0.3 is 0 Å². The summed E-state index contributed by atoms with van der Waals surface area (Å²) in [7, 11) is 0. The molecule has 0 N–H and O–H groups in total. The summed E-state index contributed by atoms with van der Waals surface area (Å²) in [6.07, 6.45) is 4.51. The van der Waals surface area contributed by atoms with Crippen LogP contribution < -0.4 is 0 Å². The van der Waals surface area contributed by atoms with Crippen LogP contribution in [0.25, 0.3) is 0 Å². The molecule has 0 aromatic carbocycles. The van der Waals surface area contributed by atoms with Crippen molar-refractivity contribution in [2.24, 2.45) is 0 Å². The van der Waals surface area contributed by atoms with E-state index in [1.165, 1.54) is 6.08 Å². The Morgan fingerprint density at radius 3 is 2.50 bits per heavy atom. The molecule has 0 saturated heterocycles. The molecule has 0 heterocycles. The smallest absolute Gasteiger partial charge is 0.108 e. The Morgan fingerprint density at radius 1 is 1.67 bits per heavy atom. The Balaban J connectivity index is 2.94. The fourth-order valence-electron chi connectivity index (χ4n) is 0.148. The first-order valence-electron chi connectivity index (χ1n) is 1.75. The van der Waals surface area contributed by atoms with Crippen LogP contribution in [0.5, 0.6) is 0 Å². The summed E-state index contributed by atoms with van der Waals surface area (Å²) in [5.74, 6) is 0. The number of alkyl halides is 1. The van der Waals surface area contributed by atoms with Crippen molar-refractivity contribution in [3.05, 3.63) is 24.8 Å². The maximum Gasteiger partial charge on any atom is 0.108 e. The van der Waals surface area contributed by atoms with Gasteiger partial charge in [0.1, 0.15) is 6.67 Å². The maximum absolute atomic E-state index is 11.0. The number of hydrogen-bond donors (Lipinski definition) is 0. The van der Waals surface area contributed by atoms with E-state index in [1.807, 2.05) is 0 Å². The van der Waals surface area contributed by atoms with Gasteiger partial charge in [-0.1, -0.05) is 24.8 Å². The topological polar surface area (TPSA) is 0 Å². The van der Waals surface area contributed by atoms with E-state index in [0.717, 1.165) is 0 Å². The summed E-state index contributed by atoms with van der Waals surface area (Å²) >= 11 is 0. The standard InChI is InChI=1S/C5H7F/c1-2-3-4-5-6/h2-4H,1,5H2/b4-3+. The lowest BCUT2D eigenvalue weighted by Crippen LogP contribution is -1.55. The summed E-state index contributed by atoms with van der Waals surface area (Å²) in [4.78, 5) is 0. The SMILES string of the molecule is C=C/C=C/CF. The second-order valence-corrected chi connectivity index (χ2v) is 0.818. The Hall–Kier alpha value is -0.590. The highest BCUT2D eigenvalue weighted by Gasteiger charge is 1.58. The van der Waals surface area contributed by atoms with E-state index in [0.29, 0.717) is 0 Å². The van der Waals surface area contributed by atoms with Gasteiger partial charge in [0.25, 0.3) is 0 Å². The van der Waals surface area contributed by atoms with Gasteiger partial charge in [0, 0.05) is 0 Å². The van der Waals surface area contributed by atoms with Gasteiger partial charge in [-0.05, 0) is 0 Å². The molecule has 0 aliphatic carbocycles. The van der Waals surface area contributed by atoms with Gasteiger partial charge in [-0.2, -0.15) is 0 Å². The van der Waals surface area contributed by atoms with Crippen LogP contribution in [0.3, 0.4) is 0 Å². The van der Waals surface area contributed by atoms with Crippen molar-refractivity contribution in [1.82, 2.24) is 0 Å². The van der Waals surface area contributed by atoms with Crippen LogP contribution in [0.1, 0.15) is 0 Å². The minimum absolute atomic E-state index is 0.397. The molecule has 0 unspecified atom stereocenters. The molecule has 34 valence electrons. The van der Waals surface area contributed by atoms with Crippen LogP contribution in [-0.2, 0) is 0 Å². The zero-order chi connectivity index (χ0) is 4.83. The Morgan fingerprint density at radius 2 is 2.33 bits per heavy atom. The Labute approximate surface area is 37.0 Å². The second kappa shape index (κ2) is 4.41. The van der Waals surface area contributed by atoms with Crippen molar-refractivity contribution in [2.45, 2.75) is 0 Å². The van der Waals surface area contributed by atoms with Crippen molar-refractivity contribution in [1.29, 1.82) is 0 Å². The molecular weight excluding hydrogens is 79.1 g/mol. The average Bonchev–Trinajstić information content (AvgIpc) is 1.61. The lowest BCUT2D eigenvalue weighted by atomic mass is 10.5. The highest BCUT2D eigenvalue weighted by molar-refractivity contribution is 4.96. The molecule has 0 spiro atoms. The third kappa shape index (κ3) is 3.41. The molecule has 0 radical (unpaired) electrons. The van der Waals surface area contributed by atoms with Crippen molar-refractivity contribution in [2.75, 3.05) is 6.67 Å². The van der Waals surface area contributed by atoms with Crippen molar-refractivity contribution in [3.8, 4) is 0 Å². The van der Waals surface area contributed by atoms with E-state index in [1.54, 1.807) is 12.2 Å². The second-order valence-electron chi connectivity index (χ2n) is 0.818. The molecule has 0 aliphatic heterocycles. The van der Waals surface area contributed by atoms with Crippen molar-refractivity contribution >= 4 is 0 Å². The van der Waals surface area contributed by atoms with E-state index in [-0.39, 0.29) is 0 Å². The average molecular weight is 86.1 g/mol. The van der Waals surface area contributed by atoms with Gasteiger partial charge in [-0.25, -0.2) is 4.39 Å². The Kier molecular flexibility index (Phi) is 3.98. The fourth-order valence-corrected chi connectivity index (χ4v) is 0.148. The number of halogens is 1. The van der Waals surface area contributed by atoms with E-state index in [4.69, 9.17) is 0 Å². The first-order chi connectivity index (χ1) is 2.91.